The average molecular weight is 335 g/mol. The minimum atomic E-state index is 0. The Morgan fingerprint density at radius 1 is 1.44 bits per heavy atom. The first-order valence-electron chi connectivity index (χ1n) is 6.00. The van der Waals surface area contributed by atoms with Crippen LogP contribution >= 0.6 is 28.3 Å². The molecule has 0 aliphatic carbocycles. The molecule has 18 heavy (non-hydrogen) atoms. The van der Waals surface area contributed by atoms with Crippen molar-refractivity contribution in [3.05, 3.63) is 22.2 Å². The Labute approximate surface area is 122 Å². The fraction of sp³-hybridized carbons (Fsp3) is 0.538. The van der Waals surface area contributed by atoms with Crippen LogP contribution in [0.25, 0.3) is 0 Å². The first-order chi connectivity index (χ1) is 8.29. The number of methoxy groups -OCH3 is 1. The molecule has 2 atom stereocenters. The van der Waals surface area contributed by atoms with E-state index in [1.165, 1.54) is 12.0 Å². The van der Waals surface area contributed by atoms with Crippen molar-refractivity contribution in [2.45, 2.75) is 12.3 Å². The zero-order valence-corrected chi connectivity index (χ0v) is 12.6. The van der Waals surface area contributed by atoms with Gasteiger partial charge in [0.2, 0.25) is 0 Å². The number of fused-ring (bicyclic) bond motifs is 3. The van der Waals surface area contributed by atoms with Gasteiger partial charge in [0.15, 0.2) is 0 Å². The van der Waals surface area contributed by atoms with Gasteiger partial charge in [0.25, 0.3) is 0 Å². The van der Waals surface area contributed by atoms with Gasteiger partial charge in [-0.15, -0.1) is 12.4 Å². The third kappa shape index (κ3) is 2.33. The second kappa shape index (κ2) is 5.68. The van der Waals surface area contributed by atoms with Gasteiger partial charge in [0.1, 0.15) is 11.5 Å². The van der Waals surface area contributed by atoms with E-state index < -0.39 is 0 Å². The Morgan fingerprint density at radius 3 is 3.06 bits per heavy atom. The molecule has 3 rings (SSSR count). The van der Waals surface area contributed by atoms with Crippen LogP contribution in [0.15, 0.2) is 16.6 Å². The fourth-order valence-corrected chi connectivity index (χ4v) is 3.28. The van der Waals surface area contributed by atoms with Crippen molar-refractivity contribution in [3.63, 3.8) is 0 Å². The summed E-state index contributed by atoms with van der Waals surface area (Å²) < 4.78 is 12.2. The lowest BCUT2D eigenvalue weighted by molar-refractivity contribution is 0.164. The highest BCUT2D eigenvalue weighted by atomic mass is 79.9. The molecule has 0 amide bonds. The number of hydrogen-bond donors (Lipinski definition) is 1. The summed E-state index contributed by atoms with van der Waals surface area (Å²) in [5, 5.41) is 3.47. The normalized spacial score (nSPS) is 25.2. The lowest BCUT2D eigenvalue weighted by Crippen LogP contribution is -2.40. The van der Waals surface area contributed by atoms with E-state index in [1.54, 1.807) is 7.11 Å². The number of nitrogens with one attached hydrogen (secondary N) is 1. The number of piperidine rings is 1. The number of benzene rings is 1. The zero-order valence-electron chi connectivity index (χ0n) is 10.2. The van der Waals surface area contributed by atoms with Crippen molar-refractivity contribution >= 4 is 28.3 Å². The highest BCUT2D eigenvalue weighted by Crippen LogP contribution is 2.43. The summed E-state index contributed by atoms with van der Waals surface area (Å²) >= 11 is 3.50. The van der Waals surface area contributed by atoms with E-state index in [-0.39, 0.29) is 12.4 Å². The molecule has 0 saturated carbocycles. The molecule has 0 bridgehead atoms. The van der Waals surface area contributed by atoms with Gasteiger partial charge in [-0.2, -0.15) is 0 Å². The van der Waals surface area contributed by atoms with Crippen LogP contribution in [0.1, 0.15) is 17.9 Å². The van der Waals surface area contributed by atoms with E-state index in [9.17, 15) is 0 Å². The van der Waals surface area contributed by atoms with E-state index in [2.05, 4.69) is 27.3 Å². The molecule has 0 spiro atoms. The summed E-state index contributed by atoms with van der Waals surface area (Å²) in [5.74, 6) is 3.10. The molecule has 3 nitrogen and oxygen atoms in total. The summed E-state index contributed by atoms with van der Waals surface area (Å²) in [7, 11) is 1.70. The monoisotopic (exact) mass is 333 g/mol. The van der Waals surface area contributed by atoms with Gasteiger partial charge in [-0.25, -0.2) is 0 Å². The molecule has 1 fully saturated rings. The van der Waals surface area contributed by atoms with Crippen molar-refractivity contribution < 1.29 is 9.47 Å². The van der Waals surface area contributed by atoms with Crippen LogP contribution in [0, 0.1) is 5.92 Å². The lowest BCUT2D eigenvalue weighted by Gasteiger charge is -2.37. The summed E-state index contributed by atoms with van der Waals surface area (Å²) in [6.07, 6.45) is 1.20. The minimum absolute atomic E-state index is 0. The van der Waals surface area contributed by atoms with Crippen molar-refractivity contribution in [3.8, 4) is 11.5 Å². The third-order valence-electron chi connectivity index (χ3n) is 3.76. The van der Waals surface area contributed by atoms with Crippen LogP contribution in [0.4, 0.5) is 0 Å². The highest BCUT2D eigenvalue weighted by Gasteiger charge is 2.33. The summed E-state index contributed by atoms with van der Waals surface area (Å²) in [6.45, 7) is 3.00. The number of rotatable bonds is 1. The van der Waals surface area contributed by atoms with Crippen molar-refractivity contribution in [1.29, 1.82) is 0 Å². The fourth-order valence-electron chi connectivity index (χ4n) is 2.80. The molecule has 2 aliphatic heterocycles. The van der Waals surface area contributed by atoms with Gasteiger partial charge in [-0.05, 0) is 41.0 Å². The average Bonchev–Trinajstić information content (AvgIpc) is 2.37. The van der Waals surface area contributed by atoms with Crippen molar-refractivity contribution in [2.24, 2.45) is 5.92 Å². The molecule has 1 N–H and O–H groups in total. The van der Waals surface area contributed by atoms with E-state index in [0.29, 0.717) is 11.8 Å². The largest absolute Gasteiger partial charge is 0.496 e. The standard InChI is InChI=1S/C13H16BrNO2.ClH/c1-16-13-4-9-10-6-15-3-2-8(10)7-17-12(9)5-11(13)14;/h4-5,8,10,15H,2-3,6-7H2,1H3;1H/t8-,10-;/m0./s1. The van der Waals surface area contributed by atoms with E-state index >= 15 is 0 Å². The van der Waals surface area contributed by atoms with Gasteiger partial charge >= 0.3 is 0 Å². The van der Waals surface area contributed by atoms with Crippen LogP contribution in [0.3, 0.4) is 0 Å². The molecule has 1 aromatic carbocycles. The molecule has 0 radical (unpaired) electrons. The first kappa shape index (κ1) is 14.0. The van der Waals surface area contributed by atoms with Gasteiger partial charge in [-0.3, -0.25) is 0 Å². The summed E-state index contributed by atoms with van der Waals surface area (Å²) in [6, 6.07) is 4.14. The Kier molecular flexibility index (Phi) is 4.41. The van der Waals surface area contributed by atoms with Gasteiger partial charge in [0, 0.05) is 23.9 Å². The third-order valence-corrected chi connectivity index (χ3v) is 4.38. The number of ether oxygens (including phenoxy) is 2. The molecular weight excluding hydrogens is 318 g/mol. The Bertz CT molecular complexity index is 441. The lowest BCUT2D eigenvalue weighted by atomic mass is 9.80. The molecular formula is C13H17BrClNO2. The molecule has 1 aromatic rings. The zero-order chi connectivity index (χ0) is 11.8. The molecule has 0 unspecified atom stereocenters. The van der Waals surface area contributed by atoms with E-state index in [0.717, 1.165) is 35.7 Å². The Balaban J connectivity index is 0.00000120. The summed E-state index contributed by atoms with van der Waals surface area (Å²) in [5.41, 5.74) is 1.29. The van der Waals surface area contributed by atoms with Crippen LogP contribution in [-0.2, 0) is 0 Å². The van der Waals surface area contributed by atoms with Crippen molar-refractivity contribution in [1.82, 2.24) is 5.32 Å². The maximum Gasteiger partial charge on any atom is 0.133 e. The summed E-state index contributed by atoms with van der Waals surface area (Å²) in [4.78, 5) is 0. The van der Waals surface area contributed by atoms with E-state index in [4.69, 9.17) is 9.47 Å². The molecule has 100 valence electrons. The Morgan fingerprint density at radius 2 is 2.28 bits per heavy atom. The predicted molar refractivity (Wildman–Crippen MR) is 77.2 cm³/mol. The van der Waals surface area contributed by atoms with Crippen molar-refractivity contribution in [2.75, 3.05) is 26.8 Å². The van der Waals surface area contributed by atoms with Crippen LogP contribution in [-0.4, -0.2) is 26.8 Å². The van der Waals surface area contributed by atoms with Crippen LogP contribution in [0.5, 0.6) is 11.5 Å². The quantitative estimate of drug-likeness (QED) is 0.856. The SMILES string of the molecule is COc1cc2c(cc1Br)OC[C@@H]1CCNC[C@H]21.Cl. The van der Waals surface area contributed by atoms with Crippen LogP contribution < -0.4 is 14.8 Å². The smallest absolute Gasteiger partial charge is 0.133 e. The van der Waals surface area contributed by atoms with Gasteiger partial charge in [0.05, 0.1) is 18.2 Å². The topological polar surface area (TPSA) is 30.5 Å². The first-order valence-corrected chi connectivity index (χ1v) is 6.80. The molecule has 2 aliphatic rings. The second-order valence-corrected chi connectivity index (χ2v) is 5.55. The van der Waals surface area contributed by atoms with Crippen LogP contribution in [0.2, 0.25) is 0 Å². The molecule has 1 saturated heterocycles. The Hall–Kier alpha value is -0.450. The predicted octanol–water partition coefficient (Wildman–Crippen LogP) is 2.97. The maximum atomic E-state index is 5.86. The van der Waals surface area contributed by atoms with E-state index in [1.807, 2.05) is 6.07 Å². The second-order valence-electron chi connectivity index (χ2n) is 4.69. The van der Waals surface area contributed by atoms with Gasteiger partial charge < -0.3 is 14.8 Å². The molecule has 0 aromatic heterocycles. The maximum absolute atomic E-state index is 5.86. The number of halogens is 2. The minimum Gasteiger partial charge on any atom is -0.496 e. The molecule has 5 heteroatoms. The highest BCUT2D eigenvalue weighted by molar-refractivity contribution is 9.10. The number of hydrogen-bond acceptors (Lipinski definition) is 3. The van der Waals surface area contributed by atoms with Gasteiger partial charge in [-0.1, -0.05) is 0 Å². The molecule has 2 heterocycles.